The van der Waals surface area contributed by atoms with E-state index in [1.807, 2.05) is 0 Å². The maximum absolute atomic E-state index is 6.56. The van der Waals surface area contributed by atoms with E-state index in [-0.39, 0.29) is 11.2 Å². The molecule has 0 N–H and O–H groups in total. The zero-order valence-corrected chi connectivity index (χ0v) is 28.6. The minimum absolute atomic E-state index is 0.00665. The fourth-order valence-corrected chi connectivity index (χ4v) is 8.07. The van der Waals surface area contributed by atoms with E-state index >= 15 is 0 Å². The maximum atomic E-state index is 6.56. The van der Waals surface area contributed by atoms with E-state index in [1.54, 1.807) is 0 Å². The van der Waals surface area contributed by atoms with Gasteiger partial charge in [-0.15, -0.1) is 0 Å². The van der Waals surface area contributed by atoms with Gasteiger partial charge in [-0.3, -0.25) is 0 Å². The molecular weight excluding hydrogens is 654 g/mol. The normalized spacial score (nSPS) is 17.8. The monoisotopic (exact) mass is 704 g/mol. The van der Waals surface area contributed by atoms with Crippen LogP contribution < -0.4 is 0 Å². The molecule has 0 spiro atoms. The molecule has 2 atom stereocenters. The Morgan fingerprint density at radius 3 is 1.97 bits per heavy atom. The highest BCUT2D eigenvalue weighted by Crippen LogP contribution is 2.30. The second-order valence-electron chi connectivity index (χ2n) is 11.3. The number of hydrogen-bond donors (Lipinski definition) is 0. The van der Waals surface area contributed by atoms with Crippen molar-refractivity contribution < 1.29 is 8.85 Å². The Labute approximate surface area is 230 Å². The van der Waals surface area contributed by atoms with Crippen LogP contribution in [0.4, 0.5) is 0 Å². The summed E-state index contributed by atoms with van der Waals surface area (Å²) in [7, 11) is -3.13. The average molecular weight is 705 g/mol. The number of rotatable bonds is 17. The van der Waals surface area contributed by atoms with Crippen molar-refractivity contribution >= 4 is 61.8 Å². The standard InChI is InChI=1S/C26H50I2O2Si2/c1-10-11-19-26(3,30-32(7,8)9)22-18-24(28)17-14-12-13-15-20-25(2,21-16-23-27)29-31(4,5)6/h11,16,18-19,23H,10,12-15,17,20-22H2,1-9H3/b19-11+,23-16+,24-18+. The third-order valence-corrected chi connectivity index (χ3v) is 8.71. The molecule has 2 nitrogen and oxygen atoms in total. The lowest BCUT2D eigenvalue weighted by Crippen LogP contribution is -2.40. The third kappa shape index (κ3) is 18.4. The van der Waals surface area contributed by atoms with E-state index in [2.05, 4.69) is 134 Å². The van der Waals surface area contributed by atoms with Gasteiger partial charge in [-0.2, -0.15) is 0 Å². The van der Waals surface area contributed by atoms with E-state index in [4.69, 9.17) is 8.85 Å². The van der Waals surface area contributed by atoms with Gasteiger partial charge in [0.2, 0.25) is 0 Å². The third-order valence-electron chi connectivity index (χ3n) is 5.04. The molecule has 0 fully saturated rings. The minimum atomic E-state index is -1.59. The summed E-state index contributed by atoms with van der Waals surface area (Å²) in [4.78, 5) is 0. The molecule has 0 aliphatic carbocycles. The molecule has 0 rings (SSSR count). The number of hydrogen-bond acceptors (Lipinski definition) is 2. The van der Waals surface area contributed by atoms with Crippen LogP contribution in [0.25, 0.3) is 0 Å². The maximum Gasteiger partial charge on any atom is 0.184 e. The molecule has 0 heterocycles. The molecule has 0 saturated heterocycles. The van der Waals surface area contributed by atoms with Crippen LogP contribution >= 0.6 is 45.2 Å². The molecule has 0 aromatic carbocycles. The topological polar surface area (TPSA) is 18.5 Å². The van der Waals surface area contributed by atoms with Crippen molar-refractivity contribution in [3.8, 4) is 0 Å². The van der Waals surface area contributed by atoms with Gasteiger partial charge in [0.1, 0.15) is 0 Å². The molecule has 2 unspecified atom stereocenters. The van der Waals surface area contributed by atoms with Crippen LogP contribution in [0.15, 0.2) is 32.0 Å². The quantitative estimate of drug-likeness (QED) is 0.0650. The molecular formula is C26H50I2O2Si2. The molecule has 0 amide bonds. The molecule has 0 saturated carbocycles. The lowest BCUT2D eigenvalue weighted by atomic mass is 9.94. The van der Waals surface area contributed by atoms with Crippen molar-refractivity contribution in [2.45, 2.75) is 129 Å². The zero-order valence-electron chi connectivity index (χ0n) is 22.3. The predicted molar refractivity (Wildman–Crippen MR) is 167 cm³/mol. The van der Waals surface area contributed by atoms with Crippen LogP contribution in [0.1, 0.15) is 78.6 Å². The van der Waals surface area contributed by atoms with Crippen molar-refractivity contribution in [1.29, 1.82) is 0 Å². The first-order chi connectivity index (χ1) is 14.6. The Morgan fingerprint density at radius 2 is 1.44 bits per heavy atom. The van der Waals surface area contributed by atoms with E-state index < -0.39 is 16.6 Å². The Hall–Kier alpha value is 1.03. The fraction of sp³-hybridized carbons (Fsp3) is 0.769. The lowest BCUT2D eigenvalue weighted by Gasteiger charge is -2.36. The first-order valence-corrected chi connectivity index (χ1v) is 21.5. The van der Waals surface area contributed by atoms with E-state index in [0.717, 1.165) is 25.7 Å². The van der Waals surface area contributed by atoms with Crippen molar-refractivity contribution in [1.82, 2.24) is 0 Å². The van der Waals surface area contributed by atoms with Crippen molar-refractivity contribution in [3.05, 3.63) is 32.0 Å². The van der Waals surface area contributed by atoms with E-state index in [0.29, 0.717) is 0 Å². The van der Waals surface area contributed by atoms with Gasteiger partial charge in [0.25, 0.3) is 0 Å². The van der Waals surface area contributed by atoms with Gasteiger partial charge in [0, 0.05) is 0 Å². The first-order valence-electron chi connectivity index (χ1n) is 12.3. The summed E-state index contributed by atoms with van der Waals surface area (Å²) in [5.74, 6) is 0. The van der Waals surface area contributed by atoms with Crippen LogP contribution in [-0.4, -0.2) is 27.8 Å². The van der Waals surface area contributed by atoms with Crippen LogP contribution in [-0.2, 0) is 8.85 Å². The molecule has 188 valence electrons. The zero-order chi connectivity index (χ0) is 24.9. The summed E-state index contributed by atoms with van der Waals surface area (Å²) in [5, 5.41) is 0. The van der Waals surface area contributed by atoms with Crippen molar-refractivity contribution in [2.24, 2.45) is 0 Å². The van der Waals surface area contributed by atoms with E-state index in [9.17, 15) is 0 Å². The Bertz CT molecular complexity index is 606. The molecule has 0 bridgehead atoms. The summed E-state index contributed by atoms with van der Waals surface area (Å²) >= 11 is 4.84. The van der Waals surface area contributed by atoms with Crippen LogP contribution in [0, 0.1) is 0 Å². The average Bonchev–Trinajstić information content (AvgIpc) is 2.63. The highest BCUT2D eigenvalue weighted by Gasteiger charge is 2.30. The van der Waals surface area contributed by atoms with Gasteiger partial charge in [-0.1, -0.05) is 73.1 Å². The fourth-order valence-electron chi connectivity index (χ4n) is 4.00. The smallest absolute Gasteiger partial charge is 0.184 e. The molecule has 0 aliphatic rings. The van der Waals surface area contributed by atoms with Crippen LogP contribution in [0.2, 0.25) is 39.3 Å². The van der Waals surface area contributed by atoms with Gasteiger partial charge in [0.05, 0.1) is 11.2 Å². The minimum Gasteiger partial charge on any atom is -0.412 e. The van der Waals surface area contributed by atoms with Crippen LogP contribution in [0.5, 0.6) is 0 Å². The Balaban J connectivity index is 4.53. The van der Waals surface area contributed by atoms with Gasteiger partial charge in [-0.25, -0.2) is 0 Å². The number of halogens is 2. The van der Waals surface area contributed by atoms with Crippen molar-refractivity contribution in [3.63, 3.8) is 0 Å². The van der Waals surface area contributed by atoms with Crippen LogP contribution in [0.3, 0.4) is 0 Å². The second-order valence-corrected chi connectivity index (χ2v) is 22.3. The highest BCUT2D eigenvalue weighted by molar-refractivity contribution is 14.1. The lowest BCUT2D eigenvalue weighted by molar-refractivity contribution is 0.0710. The summed E-state index contributed by atoms with van der Waals surface area (Å²) in [6, 6.07) is 0. The predicted octanol–water partition coefficient (Wildman–Crippen LogP) is 10.6. The highest BCUT2D eigenvalue weighted by atomic mass is 127. The second kappa shape index (κ2) is 15.9. The Kier molecular flexibility index (Phi) is 16.4. The van der Waals surface area contributed by atoms with Gasteiger partial charge in [-0.05, 0) is 122 Å². The molecule has 0 aliphatic heterocycles. The van der Waals surface area contributed by atoms with Gasteiger partial charge in [0.15, 0.2) is 16.6 Å². The van der Waals surface area contributed by atoms with Gasteiger partial charge < -0.3 is 8.85 Å². The van der Waals surface area contributed by atoms with E-state index in [1.165, 1.54) is 35.7 Å². The summed E-state index contributed by atoms with van der Waals surface area (Å²) < 4.78 is 16.7. The molecule has 32 heavy (non-hydrogen) atoms. The Morgan fingerprint density at radius 1 is 0.844 bits per heavy atom. The van der Waals surface area contributed by atoms with Gasteiger partial charge >= 0.3 is 0 Å². The van der Waals surface area contributed by atoms with Crippen molar-refractivity contribution in [2.75, 3.05) is 0 Å². The summed E-state index contributed by atoms with van der Waals surface area (Å²) in [5.41, 5.74) is -0.183. The molecule has 0 radical (unpaired) electrons. The summed E-state index contributed by atoms with van der Waals surface area (Å²) in [6.07, 6.45) is 19.7. The summed E-state index contributed by atoms with van der Waals surface area (Å²) in [6.45, 7) is 20.4. The number of unbranched alkanes of at least 4 members (excludes halogenated alkanes) is 3. The molecule has 6 heteroatoms. The largest absolute Gasteiger partial charge is 0.412 e. The molecule has 0 aromatic rings. The SMILES string of the molecule is CC/C=C/C(C)(C/C=C(/I)CCCCCCC(C)(C/C=C/I)O[Si](C)(C)C)O[Si](C)(C)C. The molecule has 0 aromatic heterocycles. The first kappa shape index (κ1) is 33.0. The number of allylic oxidation sites excluding steroid dienone is 2.